The molecule has 0 fully saturated rings. The van der Waals surface area contributed by atoms with Crippen molar-refractivity contribution in [3.8, 4) is 5.75 Å². The fourth-order valence-corrected chi connectivity index (χ4v) is 7.87. The number of nitrogens with two attached hydrogens (primary N) is 1. The number of allylic oxidation sites excluding steroid dienone is 1. The highest BCUT2D eigenvalue weighted by atomic mass is 32.2. The molecule has 45 heavy (non-hydrogen) atoms. The Bertz CT molecular complexity index is 1810. The first-order valence-corrected chi connectivity index (χ1v) is 15.7. The number of hydrogen-bond acceptors (Lipinski definition) is 11. The fourth-order valence-electron chi connectivity index (χ4n) is 6.86. The largest absolute Gasteiger partial charge is 0.510 e. The molecule has 1 amide bonds. The number of amides is 1. The summed E-state index contributed by atoms with van der Waals surface area (Å²) in [5.41, 5.74) is 3.14. The molecular weight excluding hydrogens is 604 g/mol. The van der Waals surface area contributed by atoms with E-state index in [-0.39, 0.29) is 41.0 Å². The van der Waals surface area contributed by atoms with E-state index >= 15 is 0 Å². The number of phenolic OH excluding ortho intramolecular Hbond substituents is 1. The van der Waals surface area contributed by atoms with Crippen LogP contribution in [0.4, 0.5) is 5.69 Å². The number of anilines is 1. The number of carbonyl (C=O) groups excluding carboxylic acids is 3. The highest BCUT2D eigenvalue weighted by Gasteiger charge is 2.63. The van der Waals surface area contributed by atoms with Crippen LogP contribution in [0.5, 0.6) is 5.75 Å². The summed E-state index contributed by atoms with van der Waals surface area (Å²) in [4.78, 5) is 43.1. The number of rotatable bonds is 7. The molecule has 0 heterocycles. The number of aliphatic hydroxyl groups excluding tert-OH is 2. The highest BCUT2D eigenvalue weighted by Crippen LogP contribution is 2.53. The third-order valence-corrected chi connectivity index (χ3v) is 10.5. The van der Waals surface area contributed by atoms with E-state index in [0.717, 1.165) is 5.56 Å². The van der Waals surface area contributed by atoms with E-state index in [1.807, 2.05) is 6.92 Å². The molecule has 5 rings (SSSR count). The molecule has 0 saturated carbocycles. The molecule has 2 aromatic rings. The van der Waals surface area contributed by atoms with Gasteiger partial charge < -0.3 is 31.1 Å². The first-order chi connectivity index (χ1) is 20.9. The van der Waals surface area contributed by atoms with Crippen LogP contribution < -0.4 is 15.4 Å². The third-order valence-electron chi connectivity index (χ3n) is 9.04. The standard InChI is InChI=1S/C31H36N4O9S/c1-14-6-8-17(9-7-14)45(43,44)33-13-16-12-20(34(2)3)18-10-15-11-19-24(35(4)5)27(38)23(30(32)41)29(40)31(19,42)28(39)21(15)26(37)22(18)25(16)36/h6-9,12,15,19,24,33,36,38-39,42H,10-11,13H2,1-5H3,(H2,32,41)/t15-,19-,24?,31-/m0/s1. The summed E-state index contributed by atoms with van der Waals surface area (Å²) in [5.74, 6) is -7.50. The molecule has 4 atom stereocenters. The summed E-state index contributed by atoms with van der Waals surface area (Å²) in [6.07, 6.45) is 0.0580. The van der Waals surface area contributed by atoms with Crippen molar-refractivity contribution < 1.29 is 43.2 Å². The van der Waals surface area contributed by atoms with Gasteiger partial charge in [-0.05, 0) is 63.5 Å². The van der Waals surface area contributed by atoms with Crippen molar-refractivity contribution in [2.24, 2.45) is 17.6 Å². The second kappa shape index (κ2) is 11.0. The number of ketones is 2. The van der Waals surface area contributed by atoms with Gasteiger partial charge in [0.05, 0.1) is 16.5 Å². The molecule has 0 aliphatic heterocycles. The molecule has 14 heteroatoms. The van der Waals surface area contributed by atoms with Crippen LogP contribution in [0.15, 0.2) is 57.9 Å². The number of aliphatic hydroxyl groups is 3. The Hall–Kier alpha value is -4.24. The first-order valence-electron chi connectivity index (χ1n) is 14.2. The molecule has 0 radical (unpaired) electrons. The van der Waals surface area contributed by atoms with Crippen molar-refractivity contribution in [2.45, 2.75) is 42.8 Å². The maximum Gasteiger partial charge on any atom is 0.255 e. The number of carbonyl (C=O) groups is 3. The summed E-state index contributed by atoms with van der Waals surface area (Å²) >= 11 is 0. The number of fused-ring (bicyclic) bond motifs is 3. The number of hydrogen-bond donors (Lipinski definition) is 6. The van der Waals surface area contributed by atoms with Gasteiger partial charge in [0.25, 0.3) is 5.91 Å². The van der Waals surface area contributed by atoms with Gasteiger partial charge in [0, 0.05) is 43.4 Å². The lowest BCUT2D eigenvalue weighted by atomic mass is 9.58. The van der Waals surface area contributed by atoms with Crippen LogP contribution in [0.2, 0.25) is 0 Å². The molecule has 1 unspecified atom stereocenters. The second-order valence-corrected chi connectivity index (χ2v) is 14.0. The van der Waals surface area contributed by atoms with Crippen LogP contribution in [0.3, 0.4) is 0 Å². The molecule has 0 saturated heterocycles. The molecule has 2 aromatic carbocycles. The monoisotopic (exact) mass is 640 g/mol. The average Bonchev–Trinajstić information content (AvgIpc) is 2.94. The number of benzene rings is 2. The molecule has 3 aliphatic carbocycles. The van der Waals surface area contributed by atoms with Crippen molar-refractivity contribution in [1.29, 1.82) is 0 Å². The van der Waals surface area contributed by atoms with Crippen molar-refractivity contribution in [2.75, 3.05) is 33.1 Å². The van der Waals surface area contributed by atoms with Gasteiger partial charge in [-0.15, -0.1) is 0 Å². The molecule has 0 spiro atoms. The van der Waals surface area contributed by atoms with Crippen LogP contribution in [0, 0.1) is 18.8 Å². The van der Waals surface area contributed by atoms with Gasteiger partial charge in [-0.25, -0.2) is 13.1 Å². The number of aryl methyl sites for hydroxylation is 1. The molecule has 0 aromatic heterocycles. The Morgan fingerprint density at radius 3 is 2.27 bits per heavy atom. The number of Topliss-reactive ketones (excluding diaryl/α,β-unsaturated/α-hetero) is 2. The van der Waals surface area contributed by atoms with Crippen LogP contribution in [-0.2, 0) is 32.6 Å². The van der Waals surface area contributed by atoms with Crippen molar-refractivity contribution in [1.82, 2.24) is 9.62 Å². The lowest BCUT2D eigenvalue weighted by molar-refractivity contribution is -0.148. The van der Waals surface area contributed by atoms with Gasteiger partial charge in [-0.1, -0.05) is 17.7 Å². The molecule has 7 N–H and O–H groups in total. The van der Waals surface area contributed by atoms with Crippen LogP contribution in [0.1, 0.15) is 33.5 Å². The molecule has 3 aliphatic rings. The number of phenols is 1. The van der Waals surface area contributed by atoms with Gasteiger partial charge >= 0.3 is 0 Å². The Morgan fingerprint density at radius 2 is 1.71 bits per heavy atom. The maximum atomic E-state index is 14.2. The quantitative estimate of drug-likeness (QED) is 0.235. The zero-order valence-electron chi connectivity index (χ0n) is 25.5. The van der Waals surface area contributed by atoms with Crippen molar-refractivity contribution in [3.63, 3.8) is 0 Å². The first kappa shape index (κ1) is 32.2. The highest BCUT2D eigenvalue weighted by molar-refractivity contribution is 7.89. The Morgan fingerprint density at radius 1 is 1.09 bits per heavy atom. The second-order valence-electron chi connectivity index (χ2n) is 12.3. The number of nitrogens with zero attached hydrogens (tertiary/aromatic N) is 2. The number of sulfonamides is 1. The van der Waals surface area contributed by atoms with E-state index in [1.54, 1.807) is 51.3 Å². The zero-order chi connectivity index (χ0) is 33.3. The van der Waals surface area contributed by atoms with Gasteiger partial charge in [0.15, 0.2) is 11.4 Å². The van der Waals surface area contributed by atoms with Gasteiger partial charge in [-0.3, -0.25) is 19.3 Å². The predicted molar refractivity (Wildman–Crippen MR) is 163 cm³/mol. The van der Waals surface area contributed by atoms with Gasteiger partial charge in [0.1, 0.15) is 22.8 Å². The van der Waals surface area contributed by atoms with Gasteiger partial charge in [-0.2, -0.15) is 0 Å². The minimum Gasteiger partial charge on any atom is -0.510 e. The van der Waals surface area contributed by atoms with Gasteiger partial charge in [0.2, 0.25) is 15.8 Å². The molecule has 240 valence electrons. The minimum atomic E-state index is -3.99. The Balaban J connectivity index is 1.63. The summed E-state index contributed by atoms with van der Waals surface area (Å²) < 4.78 is 28.4. The van der Waals surface area contributed by atoms with E-state index in [0.29, 0.717) is 11.3 Å². The Kier molecular flexibility index (Phi) is 7.85. The Labute approximate surface area is 260 Å². The summed E-state index contributed by atoms with van der Waals surface area (Å²) in [6.45, 7) is 1.44. The number of primary amides is 1. The lowest BCUT2D eigenvalue weighted by Gasteiger charge is -2.50. The van der Waals surface area contributed by atoms with Crippen molar-refractivity contribution in [3.05, 3.63) is 75.3 Å². The van der Waals surface area contributed by atoms with Crippen molar-refractivity contribution >= 4 is 33.2 Å². The predicted octanol–water partition coefficient (Wildman–Crippen LogP) is 0.974. The number of nitrogens with one attached hydrogen (secondary N) is 1. The fraction of sp³-hybridized carbons (Fsp3) is 0.387. The summed E-state index contributed by atoms with van der Waals surface area (Å²) in [7, 11) is 2.57. The molecule has 13 nitrogen and oxygen atoms in total. The topological polar surface area (TPSA) is 211 Å². The van der Waals surface area contributed by atoms with E-state index in [1.165, 1.54) is 17.0 Å². The maximum absolute atomic E-state index is 14.2. The van der Waals surface area contributed by atoms with E-state index < -0.39 is 73.8 Å². The zero-order valence-corrected chi connectivity index (χ0v) is 26.3. The van der Waals surface area contributed by atoms with E-state index in [4.69, 9.17) is 5.73 Å². The normalized spacial score (nSPS) is 24.8. The van der Waals surface area contributed by atoms with Crippen LogP contribution in [-0.4, -0.2) is 91.1 Å². The third kappa shape index (κ3) is 4.88. The summed E-state index contributed by atoms with van der Waals surface area (Å²) in [5, 5.41) is 45.7. The minimum absolute atomic E-state index is 0.0148. The lowest BCUT2D eigenvalue weighted by Crippen LogP contribution is -2.63. The van der Waals surface area contributed by atoms with E-state index in [9.17, 15) is 43.2 Å². The number of likely N-dealkylation sites (N-methyl/N-ethyl adjacent to an activating group) is 1. The molecular formula is C31H36N4O9S. The van der Waals surface area contributed by atoms with Crippen LogP contribution in [0.25, 0.3) is 0 Å². The average molecular weight is 641 g/mol. The van der Waals surface area contributed by atoms with Crippen LogP contribution >= 0.6 is 0 Å². The summed E-state index contributed by atoms with van der Waals surface area (Å²) in [6, 6.07) is 6.67. The SMILES string of the molecule is Cc1ccc(S(=O)(=O)NCc2cc(N(C)C)c3c(c2O)C(=O)C2=C(O)[C@]4(O)C(=O)C(C(N)=O)=C(O)C(N(C)C)[C@@H]4C[C@@H]2C3)cc1. The molecule has 0 bridgehead atoms. The number of aromatic hydroxyl groups is 1. The smallest absolute Gasteiger partial charge is 0.255 e. The van der Waals surface area contributed by atoms with E-state index in [2.05, 4.69) is 4.72 Å².